The molecule has 28 heavy (non-hydrogen) atoms. The molecule has 0 saturated carbocycles. The summed E-state index contributed by atoms with van der Waals surface area (Å²) in [4.78, 5) is 20.2. The predicted octanol–water partition coefficient (Wildman–Crippen LogP) is 4.07. The Morgan fingerprint density at radius 2 is 1.93 bits per heavy atom. The fraction of sp³-hybridized carbons (Fsp3) is 0.429. The fourth-order valence-corrected chi connectivity index (χ4v) is 4.69. The molecule has 1 fully saturated rings. The van der Waals surface area contributed by atoms with E-state index < -0.39 is 0 Å². The summed E-state index contributed by atoms with van der Waals surface area (Å²) in [5.41, 5.74) is 2.14. The number of halogens is 1. The second kappa shape index (κ2) is 7.64. The van der Waals surface area contributed by atoms with Crippen LogP contribution in [0.2, 0.25) is 0 Å². The first kappa shape index (κ1) is 19.1. The monoisotopic (exact) mass is 401 g/mol. The first-order chi connectivity index (χ1) is 13.4. The Bertz CT molecular complexity index is 971. The molecule has 0 radical (unpaired) electrons. The van der Waals surface area contributed by atoms with Crippen LogP contribution in [-0.2, 0) is 0 Å². The van der Waals surface area contributed by atoms with E-state index in [1.807, 2.05) is 34.7 Å². The molecule has 0 aliphatic carbocycles. The van der Waals surface area contributed by atoms with E-state index >= 15 is 0 Å². The molecule has 2 aromatic heterocycles. The molecule has 1 saturated heterocycles. The quantitative estimate of drug-likeness (QED) is 0.717. The van der Waals surface area contributed by atoms with E-state index in [1.165, 1.54) is 23.5 Å². The number of carbonyl (C=O) groups excluding carboxylic acids is 1. The molecule has 3 heterocycles. The number of likely N-dealkylation sites (tertiary alicyclic amines) is 1. The molecule has 1 N–H and O–H groups in total. The minimum absolute atomic E-state index is 0.00760. The Labute approximate surface area is 167 Å². The number of rotatable bonds is 4. The third-order valence-electron chi connectivity index (χ3n) is 5.56. The fourth-order valence-electron chi connectivity index (χ4n) is 3.85. The van der Waals surface area contributed by atoms with Crippen LogP contribution in [0.1, 0.15) is 37.2 Å². The minimum Gasteiger partial charge on any atom is -0.393 e. The van der Waals surface area contributed by atoms with Crippen molar-refractivity contribution in [2.45, 2.75) is 32.8 Å². The average molecular weight is 402 g/mol. The first-order valence-electron chi connectivity index (χ1n) is 9.64. The number of benzene rings is 1. The summed E-state index contributed by atoms with van der Waals surface area (Å²) in [5, 5.41) is 12.1. The lowest BCUT2D eigenvalue weighted by Crippen LogP contribution is -2.42. The number of imidazole rings is 1. The zero-order valence-corrected chi connectivity index (χ0v) is 16.8. The first-order valence-corrected chi connectivity index (χ1v) is 10.5. The zero-order valence-electron chi connectivity index (χ0n) is 16.0. The highest BCUT2D eigenvalue weighted by Crippen LogP contribution is 2.28. The molecule has 0 unspecified atom stereocenters. The van der Waals surface area contributed by atoms with E-state index in [-0.39, 0.29) is 29.7 Å². The minimum atomic E-state index is -0.308. The van der Waals surface area contributed by atoms with E-state index in [0.29, 0.717) is 18.8 Å². The van der Waals surface area contributed by atoms with Crippen LogP contribution < -0.4 is 0 Å². The van der Waals surface area contributed by atoms with Crippen LogP contribution in [0.25, 0.3) is 16.2 Å². The van der Waals surface area contributed by atoms with Crippen LogP contribution in [0.15, 0.2) is 35.8 Å². The smallest absolute Gasteiger partial charge is 0.271 e. The molecule has 1 amide bonds. The molecular weight excluding hydrogens is 377 g/mol. The zero-order chi connectivity index (χ0) is 19.8. The highest BCUT2D eigenvalue weighted by Gasteiger charge is 2.30. The SMILES string of the molecule is CC(C)[C@@H](O)C1CCN(C(=O)c2csc3nc(-c4ccc(F)cc4)cn23)CC1. The van der Waals surface area contributed by atoms with Gasteiger partial charge >= 0.3 is 0 Å². The van der Waals surface area contributed by atoms with E-state index in [2.05, 4.69) is 4.98 Å². The molecule has 1 aromatic carbocycles. The third kappa shape index (κ3) is 3.56. The van der Waals surface area contributed by atoms with E-state index in [1.54, 1.807) is 12.1 Å². The largest absolute Gasteiger partial charge is 0.393 e. The number of nitrogens with zero attached hydrogens (tertiary/aromatic N) is 3. The Morgan fingerprint density at radius 3 is 2.57 bits per heavy atom. The van der Waals surface area contributed by atoms with Crippen LogP contribution in [0.4, 0.5) is 4.39 Å². The van der Waals surface area contributed by atoms with E-state index in [9.17, 15) is 14.3 Å². The molecular formula is C21H24FN3O2S. The Balaban J connectivity index is 1.51. The van der Waals surface area contributed by atoms with Crippen molar-refractivity contribution in [3.8, 4) is 11.3 Å². The summed E-state index contributed by atoms with van der Waals surface area (Å²) in [6.45, 7) is 5.37. The summed E-state index contributed by atoms with van der Waals surface area (Å²) < 4.78 is 15.0. The van der Waals surface area contributed by atoms with Gasteiger partial charge in [0, 0.05) is 30.2 Å². The summed E-state index contributed by atoms with van der Waals surface area (Å²) in [6.07, 6.45) is 3.17. The molecule has 4 rings (SSSR count). The second-order valence-corrected chi connectivity index (χ2v) is 8.61. The molecule has 5 nitrogen and oxygen atoms in total. The van der Waals surface area contributed by atoms with Gasteiger partial charge in [-0.1, -0.05) is 13.8 Å². The van der Waals surface area contributed by atoms with Crippen molar-refractivity contribution in [1.29, 1.82) is 0 Å². The van der Waals surface area contributed by atoms with Gasteiger partial charge in [0.25, 0.3) is 5.91 Å². The van der Waals surface area contributed by atoms with Gasteiger partial charge in [0.2, 0.25) is 0 Å². The van der Waals surface area contributed by atoms with Crippen LogP contribution in [0.3, 0.4) is 0 Å². The van der Waals surface area contributed by atoms with Gasteiger partial charge in [-0.3, -0.25) is 9.20 Å². The number of aromatic nitrogens is 2. The second-order valence-electron chi connectivity index (χ2n) is 7.77. The standard InChI is InChI=1S/C21H24FN3O2S/c1-13(2)19(26)15-7-9-24(10-8-15)20(27)18-12-28-21-23-17(11-25(18)21)14-3-5-16(22)6-4-14/h3-6,11-13,15,19,26H,7-10H2,1-2H3/t19-/m1/s1. The van der Waals surface area contributed by atoms with Gasteiger partial charge in [0.15, 0.2) is 4.96 Å². The Morgan fingerprint density at radius 1 is 1.25 bits per heavy atom. The Kier molecular flexibility index (Phi) is 5.21. The molecule has 1 aliphatic rings. The van der Waals surface area contributed by atoms with Crippen molar-refractivity contribution in [3.63, 3.8) is 0 Å². The molecule has 7 heteroatoms. The van der Waals surface area contributed by atoms with Gasteiger partial charge in [0.1, 0.15) is 11.5 Å². The summed E-state index contributed by atoms with van der Waals surface area (Å²) in [6, 6.07) is 6.19. The maximum atomic E-state index is 13.2. The number of aliphatic hydroxyl groups excluding tert-OH is 1. The third-order valence-corrected chi connectivity index (χ3v) is 6.40. The number of aliphatic hydroxyl groups is 1. The van der Waals surface area contributed by atoms with Crippen molar-refractivity contribution < 1.29 is 14.3 Å². The van der Waals surface area contributed by atoms with Gasteiger partial charge in [-0.15, -0.1) is 11.3 Å². The molecule has 0 bridgehead atoms. The Hall–Kier alpha value is -2.25. The topological polar surface area (TPSA) is 57.8 Å². The number of hydrogen-bond donors (Lipinski definition) is 1. The number of amides is 1. The van der Waals surface area contributed by atoms with Gasteiger partial charge < -0.3 is 10.0 Å². The van der Waals surface area contributed by atoms with Crippen molar-refractivity contribution in [3.05, 3.63) is 47.4 Å². The lowest BCUT2D eigenvalue weighted by atomic mass is 9.85. The molecule has 3 aromatic rings. The number of hydrogen-bond acceptors (Lipinski definition) is 4. The van der Waals surface area contributed by atoms with Gasteiger partial charge in [-0.05, 0) is 48.9 Å². The lowest BCUT2D eigenvalue weighted by molar-refractivity contribution is 0.0259. The molecule has 0 spiro atoms. The summed E-state index contributed by atoms with van der Waals surface area (Å²) >= 11 is 1.42. The van der Waals surface area contributed by atoms with Crippen molar-refractivity contribution in [2.24, 2.45) is 11.8 Å². The number of thiazole rings is 1. The van der Waals surface area contributed by atoms with Crippen LogP contribution >= 0.6 is 11.3 Å². The predicted molar refractivity (Wildman–Crippen MR) is 108 cm³/mol. The molecule has 148 valence electrons. The highest BCUT2D eigenvalue weighted by atomic mass is 32.1. The van der Waals surface area contributed by atoms with Crippen molar-refractivity contribution >= 4 is 22.2 Å². The maximum Gasteiger partial charge on any atom is 0.271 e. The summed E-state index contributed by atoms with van der Waals surface area (Å²) in [7, 11) is 0. The number of carbonyl (C=O) groups is 1. The van der Waals surface area contributed by atoms with Gasteiger partial charge in [-0.2, -0.15) is 0 Å². The number of piperidine rings is 1. The van der Waals surface area contributed by atoms with Crippen molar-refractivity contribution in [2.75, 3.05) is 13.1 Å². The molecule has 1 aliphatic heterocycles. The van der Waals surface area contributed by atoms with E-state index in [0.717, 1.165) is 29.1 Å². The summed E-state index contributed by atoms with van der Waals surface area (Å²) in [5.74, 6) is 0.197. The van der Waals surface area contributed by atoms with Crippen molar-refractivity contribution in [1.82, 2.24) is 14.3 Å². The average Bonchev–Trinajstić information content (AvgIpc) is 3.28. The normalized spacial score (nSPS) is 16.8. The van der Waals surface area contributed by atoms with Gasteiger partial charge in [-0.25, -0.2) is 9.37 Å². The van der Waals surface area contributed by atoms with Crippen LogP contribution in [0.5, 0.6) is 0 Å². The van der Waals surface area contributed by atoms with Crippen LogP contribution in [-0.4, -0.2) is 44.5 Å². The lowest BCUT2D eigenvalue weighted by Gasteiger charge is -2.35. The van der Waals surface area contributed by atoms with Gasteiger partial charge in [0.05, 0.1) is 11.8 Å². The maximum absolute atomic E-state index is 13.2. The highest BCUT2D eigenvalue weighted by molar-refractivity contribution is 7.15. The van der Waals surface area contributed by atoms with Crippen LogP contribution in [0, 0.1) is 17.7 Å². The van der Waals surface area contributed by atoms with E-state index in [4.69, 9.17) is 0 Å². The number of fused-ring (bicyclic) bond motifs is 1. The molecule has 1 atom stereocenters.